The van der Waals surface area contributed by atoms with Crippen molar-refractivity contribution in [1.82, 2.24) is 9.97 Å². The van der Waals surface area contributed by atoms with Crippen molar-refractivity contribution in [2.45, 2.75) is 0 Å². The number of hydrogen-bond acceptors (Lipinski definition) is 5. The van der Waals surface area contributed by atoms with Gasteiger partial charge in [0.25, 0.3) is 0 Å². The average molecular weight is 342 g/mol. The Balaban J connectivity index is 1.49. The lowest BCUT2D eigenvalue weighted by atomic mass is 9.90. The van der Waals surface area contributed by atoms with E-state index in [-0.39, 0.29) is 5.78 Å². The number of benzene rings is 2. The first-order valence-corrected chi connectivity index (χ1v) is 8.86. The topological polar surface area (TPSA) is 49.3 Å². The lowest BCUT2D eigenvalue weighted by Gasteiger charge is -2.37. The third-order valence-electron chi connectivity index (χ3n) is 5.17. The van der Waals surface area contributed by atoms with E-state index >= 15 is 0 Å². The molecule has 5 nitrogen and oxygen atoms in total. The van der Waals surface area contributed by atoms with Crippen LogP contribution in [0.1, 0.15) is 15.9 Å². The van der Waals surface area contributed by atoms with E-state index in [1.165, 1.54) is 0 Å². The van der Waals surface area contributed by atoms with Gasteiger partial charge in [0.2, 0.25) is 5.95 Å². The Morgan fingerprint density at radius 1 is 0.808 bits per heavy atom. The molecule has 0 radical (unpaired) electrons. The molecule has 128 valence electrons. The van der Waals surface area contributed by atoms with E-state index < -0.39 is 0 Å². The summed E-state index contributed by atoms with van der Waals surface area (Å²) in [5, 5.41) is 2.20. The Kier molecular flexibility index (Phi) is 3.45. The third kappa shape index (κ3) is 2.36. The number of carbonyl (C=O) groups excluding carboxylic acids is 1. The fourth-order valence-electron chi connectivity index (χ4n) is 3.90. The quantitative estimate of drug-likeness (QED) is 0.716. The van der Waals surface area contributed by atoms with Gasteiger partial charge in [-0.05, 0) is 29.2 Å². The van der Waals surface area contributed by atoms with E-state index in [0.717, 1.165) is 59.7 Å². The molecule has 1 aliphatic carbocycles. The van der Waals surface area contributed by atoms with E-state index in [4.69, 9.17) is 0 Å². The lowest BCUT2D eigenvalue weighted by Crippen LogP contribution is -2.47. The number of nitrogens with zero attached hydrogens (tertiary/aromatic N) is 4. The molecule has 0 spiro atoms. The van der Waals surface area contributed by atoms with E-state index in [1.807, 2.05) is 18.2 Å². The molecule has 0 atom stereocenters. The van der Waals surface area contributed by atoms with Gasteiger partial charge >= 0.3 is 0 Å². The smallest absolute Gasteiger partial charge is 0.225 e. The highest BCUT2D eigenvalue weighted by molar-refractivity contribution is 6.23. The lowest BCUT2D eigenvalue weighted by molar-refractivity contribution is 0.104. The van der Waals surface area contributed by atoms with Crippen molar-refractivity contribution in [1.29, 1.82) is 0 Å². The molecule has 3 aromatic rings. The monoisotopic (exact) mass is 342 g/mol. The van der Waals surface area contributed by atoms with Crippen LogP contribution in [0.15, 0.2) is 54.9 Å². The molecule has 0 saturated carbocycles. The zero-order valence-electron chi connectivity index (χ0n) is 14.3. The molecular formula is C21H18N4O. The van der Waals surface area contributed by atoms with E-state index in [2.05, 4.69) is 44.0 Å². The normalized spacial score (nSPS) is 16.4. The van der Waals surface area contributed by atoms with Gasteiger partial charge in [0.05, 0.1) is 5.56 Å². The number of allylic oxidation sites excluding steroid dienone is 1. The Bertz CT molecular complexity index is 1020. The zero-order valence-corrected chi connectivity index (χ0v) is 14.3. The highest BCUT2D eigenvalue weighted by atomic mass is 16.1. The maximum absolute atomic E-state index is 12.7. The van der Waals surface area contributed by atoms with Crippen molar-refractivity contribution in [3.05, 3.63) is 66.0 Å². The fourth-order valence-corrected chi connectivity index (χ4v) is 3.90. The standard InChI is InChI=1S/C21H18N4O/c26-18-8-6-16-4-1-3-15-5-7-17(20(18)19(15)16)24-11-13-25(14-12-24)21-22-9-2-10-23-21/h1-10H,11-14H2. The molecule has 2 heterocycles. The maximum atomic E-state index is 12.7. The molecule has 2 aromatic carbocycles. The van der Waals surface area contributed by atoms with Gasteiger partial charge in [0, 0.05) is 49.6 Å². The third-order valence-corrected chi connectivity index (χ3v) is 5.17. The van der Waals surface area contributed by atoms with Crippen LogP contribution in [0.5, 0.6) is 0 Å². The Morgan fingerprint density at radius 3 is 2.38 bits per heavy atom. The highest BCUT2D eigenvalue weighted by Gasteiger charge is 2.25. The van der Waals surface area contributed by atoms with Gasteiger partial charge in [-0.2, -0.15) is 0 Å². The van der Waals surface area contributed by atoms with Gasteiger partial charge in [-0.25, -0.2) is 9.97 Å². The van der Waals surface area contributed by atoms with Gasteiger partial charge in [-0.15, -0.1) is 0 Å². The summed E-state index contributed by atoms with van der Waals surface area (Å²) in [6, 6.07) is 12.2. The molecule has 0 amide bonds. The van der Waals surface area contributed by atoms with Crippen LogP contribution < -0.4 is 9.80 Å². The van der Waals surface area contributed by atoms with Gasteiger partial charge in [0.15, 0.2) is 5.78 Å². The predicted octanol–water partition coefficient (Wildman–Crippen LogP) is 3.17. The van der Waals surface area contributed by atoms with Crippen molar-refractivity contribution in [2.75, 3.05) is 36.0 Å². The second kappa shape index (κ2) is 5.95. The van der Waals surface area contributed by atoms with Crippen LogP contribution in [0, 0.1) is 0 Å². The fraction of sp³-hybridized carbons (Fsp3) is 0.190. The van der Waals surface area contributed by atoms with Crippen molar-refractivity contribution < 1.29 is 4.79 Å². The molecule has 1 aliphatic heterocycles. The number of piperazine rings is 1. The molecule has 1 aromatic heterocycles. The summed E-state index contributed by atoms with van der Waals surface area (Å²) in [6.45, 7) is 3.37. The summed E-state index contributed by atoms with van der Waals surface area (Å²) in [5.41, 5.74) is 2.99. The minimum absolute atomic E-state index is 0.0955. The summed E-state index contributed by atoms with van der Waals surface area (Å²) in [7, 11) is 0. The van der Waals surface area contributed by atoms with Crippen LogP contribution in [0.3, 0.4) is 0 Å². The largest absolute Gasteiger partial charge is 0.367 e. The van der Waals surface area contributed by atoms with Crippen molar-refractivity contribution in [3.8, 4) is 0 Å². The Hall–Kier alpha value is -3.21. The van der Waals surface area contributed by atoms with E-state index in [0.29, 0.717) is 0 Å². The van der Waals surface area contributed by atoms with E-state index in [1.54, 1.807) is 18.5 Å². The van der Waals surface area contributed by atoms with Crippen LogP contribution in [-0.2, 0) is 0 Å². The number of aromatic nitrogens is 2. The van der Waals surface area contributed by atoms with Crippen LogP contribution in [0.2, 0.25) is 0 Å². The molecule has 5 rings (SSSR count). The molecule has 1 saturated heterocycles. The summed E-state index contributed by atoms with van der Waals surface area (Å²) < 4.78 is 0. The molecular weight excluding hydrogens is 324 g/mol. The number of carbonyl (C=O) groups is 1. The average Bonchev–Trinajstić information content (AvgIpc) is 2.71. The van der Waals surface area contributed by atoms with Crippen LogP contribution in [0.25, 0.3) is 16.8 Å². The van der Waals surface area contributed by atoms with Crippen LogP contribution in [-0.4, -0.2) is 41.9 Å². The van der Waals surface area contributed by atoms with Crippen molar-refractivity contribution in [2.24, 2.45) is 0 Å². The number of ketones is 1. The molecule has 5 heteroatoms. The number of anilines is 2. The molecule has 0 unspecified atom stereocenters. The second-order valence-electron chi connectivity index (χ2n) is 6.63. The molecule has 26 heavy (non-hydrogen) atoms. The highest BCUT2D eigenvalue weighted by Crippen LogP contribution is 2.35. The Morgan fingerprint density at radius 2 is 1.58 bits per heavy atom. The van der Waals surface area contributed by atoms with Crippen LogP contribution in [0.4, 0.5) is 11.6 Å². The molecule has 0 bridgehead atoms. The number of hydrogen-bond donors (Lipinski definition) is 0. The van der Waals surface area contributed by atoms with Gasteiger partial charge in [-0.1, -0.05) is 30.3 Å². The van der Waals surface area contributed by atoms with Crippen molar-refractivity contribution in [3.63, 3.8) is 0 Å². The van der Waals surface area contributed by atoms with Crippen molar-refractivity contribution >= 4 is 34.3 Å². The summed E-state index contributed by atoms with van der Waals surface area (Å²) in [4.78, 5) is 25.9. The first-order chi connectivity index (χ1) is 12.8. The minimum Gasteiger partial charge on any atom is -0.367 e. The first-order valence-electron chi connectivity index (χ1n) is 8.86. The second-order valence-corrected chi connectivity index (χ2v) is 6.63. The minimum atomic E-state index is 0.0955. The number of rotatable bonds is 2. The summed E-state index contributed by atoms with van der Waals surface area (Å²) in [6.07, 6.45) is 7.16. The summed E-state index contributed by atoms with van der Waals surface area (Å²) >= 11 is 0. The SMILES string of the molecule is O=C1C=Cc2cccc3ccc(N4CCN(c5ncccn5)CC4)c1c23. The first kappa shape index (κ1) is 15.1. The molecule has 2 aliphatic rings. The van der Waals surface area contributed by atoms with Gasteiger partial charge in [-0.3, -0.25) is 4.79 Å². The van der Waals surface area contributed by atoms with Gasteiger partial charge in [0.1, 0.15) is 0 Å². The van der Waals surface area contributed by atoms with Gasteiger partial charge < -0.3 is 9.80 Å². The molecule has 1 fully saturated rings. The predicted molar refractivity (Wildman–Crippen MR) is 104 cm³/mol. The molecule has 0 N–H and O–H groups in total. The summed E-state index contributed by atoms with van der Waals surface area (Å²) in [5.74, 6) is 0.867. The maximum Gasteiger partial charge on any atom is 0.225 e. The van der Waals surface area contributed by atoms with Crippen LogP contribution >= 0.6 is 0 Å². The van der Waals surface area contributed by atoms with E-state index in [9.17, 15) is 4.79 Å². The zero-order chi connectivity index (χ0) is 17.5. The Labute approximate surface area is 151 Å².